The molecule has 2 saturated heterocycles. The van der Waals surface area contributed by atoms with Gasteiger partial charge in [0.25, 0.3) is 5.91 Å². The van der Waals surface area contributed by atoms with Crippen LogP contribution in [0.25, 0.3) is 0 Å². The molecule has 0 bridgehead atoms. The van der Waals surface area contributed by atoms with Crippen LogP contribution in [0.3, 0.4) is 0 Å². The molecule has 0 saturated carbocycles. The van der Waals surface area contributed by atoms with E-state index in [1.807, 2.05) is 4.90 Å². The minimum Gasteiger partial charge on any atom is -0.481 e. The number of carbonyl (C=O) groups is 1. The first kappa shape index (κ1) is 16.8. The maximum atomic E-state index is 12.4. The molecule has 23 heavy (non-hydrogen) atoms. The molecule has 2 aliphatic heterocycles. The van der Waals surface area contributed by atoms with E-state index < -0.39 is 0 Å². The second kappa shape index (κ2) is 7.71. The summed E-state index contributed by atoms with van der Waals surface area (Å²) in [5, 5.41) is 4.20. The quantitative estimate of drug-likeness (QED) is 0.893. The Morgan fingerprint density at radius 2 is 1.91 bits per heavy atom. The van der Waals surface area contributed by atoms with Gasteiger partial charge in [0, 0.05) is 45.3 Å². The van der Waals surface area contributed by atoms with Crippen LogP contribution in [-0.2, 0) is 4.79 Å². The standard InChI is InChI=1S/C16H21Cl2N3O2/c17-13-2-1-3-14(18)16(13)23-11-15(22)21-7-4-12(10-21)20-8-5-19-6-9-20/h1-3,12,19H,4-11H2. The molecule has 3 rings (SSSR count). The van der Waals surface area contributed by atoms with Gasteiger partial charge in [0.05, 0.1) is 10.0 Å². The molecule has 1 N–H and O–H groups in total. The number of benzene rings is 1. The third-order valence-corrected chi connectivity index (χ3v) is 5.04. The predicted octanol–water partition coefficient (Wildman–Crippen LogP) is 1.88. The average molecular weight is 358 g/mol. The van der Waals surface area contributed by atoms with Crippen molar-refractivity contribution in [3.8, 4) is 5.75 Å². The van der Waals surface area contributed by atoms with Gasteiger partial charge in [-0.3, -0.25) is 9.69 Å². The molecule has 1 atom stereocenters. The van der Waals surface area contributed by atoms with Crippen LogP contribution in [-0.4, -0.2) is 67.6 Å². The van der Waals surface area contributed by atoms with Crippen molar-refractivity contribution in [3.05, 3.63) is 28.2 Å². The molecule has 0 aliphatic carbocycles. The van der Waals surface area contributed by atoms with Gasteiger partial charge in [0.2, 0.25) is 0 Å². The van der Waals surface area contributed by atoms with Crippen molar-refractivity contribution in [1.82, 2.24) is 15.1 Å². The highest BCUT2D eigenvalue weighted by atomic mass is 35.5. The summed E-state index contributed by atoms with van der Waals surface area (Å²) in [6.45, 7) is 5.69. The molecule has 2 aliphatic rings. The SMILES string of the molecule is O=C(COc1c(Cl)cccc1Cl)N1CCC(N2CCNCC2)C1. The number of hydrogen-bond acceptors (Lipinski definition) is 4. The number of nitrogens with zero attached hydrogens (tertiary/aromatic N) is 2. The first-order valence-electron chi connectivity index (χ1n) is 7.94. The maximum absolute atomic E-state index is 12.4. The van der Waals surface area contributed by atoms with E-state index in [-0.39, 0.29) is 12.5 Å². The van der Waals surface area contributed by atoms with Crippen molar-refractivity contribution in [1.29, 1.82) is 0 Å². The Morgan fingerprint density at radius 3 is 2.61 bits per heavy atom. The van der Waals surface area contributed by atoms with Crippen LogP contribution >= 0.6 is 23.2 Å². The van der Waals surface area contributed by atoms with Gasteiger partial charge in [-0.05, 0) is 18.6 Å². The first-order chi connectivity index (χ1) is 11.1. The Kier molecular flexibility index (Phi) is 5.64. The van der Waals surface area contributed by atoms with E-state index in [4.69, 9.17) is 27.9 Å². The highest BCUT2D eigenvalue weighted by molar-refractivity contribution is 6.37. The molecule has 1 unspecified atom stereocenters. The first-order valence-corrected chi connectivity index (χ1v) is 8.70. The Balaban J connectivity index is 1.51. The zero-order valence-corrected chi connectivity index (χ0v) is 14.4. The summed E-state index contributed by atoms with van der Waals surface area (Å²) in [5.74, 6) is 0.362. The molecular weight excluding hydrogens is 337 g/mol. The van der Waals surface area contributed by atoms with E-state index in [1.165, 1.54) is 0 Å². The molecule has 2 heterocycles. The van der Waals surface area contributed by atoms with Crippen LogP contribution in [0.1, 0.15) is 6.42 Å². The number of ether oxygens (including phenoxy) is 1. The van der Waals surface area contributed by atoms with E-state index >= 15 is 0 Å². The van der Waals surface area contributed by atoms with Crippen molar-refractivity contribution < 1.29 is 9.53 Å². The highest BCUT2D eigenvalue weighted by Gasteiger charge is 2.31. The fourth-order valence-electron chi connectivity index (χ4n) is 3.16. The molecule has 7 heteroatoms. The number of para-hydroxylation sites is 1. The Bertz CT molecular complexity index is 544. The topological polar surface area (TPSA) is 44.8 Å². The summed E-state index contributed by atoms with van der Waals surface area (Å²) in [6, 6.07) is 5.61. The van der Waals surface area contributed by atoms with Crippen LogP contribution in [0.15, 0.2) is 18.2 Å². The molecule has 2 fully saturated rings. The summed E-state index contributed by atoms with van der Waals surface area (Å²) in [6.07, 6.45) is 1.03. The maximum Gasteiger partial charge on any atom is 0.260 e. The second-order valence-electron chi connectivity index (χ2n) is 5.91. The fraction of sp³-hybridized carbons (Fsp3) is 0.562. The van der Waals surface area contributed by atoms with Gasteiger partial charge in [-0.15, -0.1) is 0 Å². The Morgan fingerprint density at radius 1 is 1.22 bits per heavy atom. The fourth-order valence-corrected chi connectivity index (χ4v) is 3.67. The lowest BCUT2D eigenvalue weighted by Crippen LogP contribution is -2.49. The highest BCUT2D eigenvalue weighted by Crippen LogP contribution is 2.32. The second-order valence-corrected chi connectivity index (χ2v) is 6.72. The van der Waals surface area contributed by atoms with E-state index in [9.17, 15) is 4.79 Å². The number of halogens is 2. The van der Waals surface area contributed by atoms with Gasteiger partial charge in [-0.2, -0.15) is 0 Å². The molecule has 1 aromatic rings. The lowest BCUT2D eigenvalue weighted by atomic mass is 10.2. The van der Waals surface area contributed by atoms with Crippen LogP contribution in [0, 0.1) is 0 Å². The molecule has 0 aromatic heterocycles. The summed E-state index contributed by atoms with van der Waals surface area (Å²) in [4.78, 5) is 16.7. The summed E-state index contributed by atoms with van der Waals surface area (Å²) >= 11 is 12.1. The van der Waals surface area contributed by atoms with Gasteiger partial charge in [0.15, 0.2) is 12.4 Å². The van der Waals surface area contributed by atoms with E-state index in [0.717, 1.165) is 45.7 Å². The number of rotatable bonds is 4. The minimum absolute atomic E-state index is 0.0152. The lowest BCUT2D eigenvalue weighted by Gasteiger charge is -2.32. The molecule has 1 amide bonds. The molecule has 0 spiro atoms. The normalized spacial score (nSPS) is 22.3. The van der Waals surface area contributed by atoms with Gasteiger partial charge >= 0.3 is 0 Å². The van der Waals surface area contributed by atoms with Gasteiger partial charge in [0.1, 0.15) is 0 Å². The van der Waals surface area contributed by atoms with Crippen molar-refractivity contribution >= 4 is 29.1 Å². The zero-order chi connectivity index (χ0) is 16.2. The number of nitrogens with one attached hydrogen (secondary N) is 1. The number of hydrogen-bond donors (Lipinski definition) is 1. The number of likely N-dealkylation sites (tertiary alicyclic amines) is 1. The number of carbonyl (C=O) groups excluding carboxylic acids is 1. The molecule has 126 valence electrons. The largest absolute Gasteiger partial charge is 0.481 e. The van der Waals surface area contributed by atoms with Crippen LogP contribution in [0.2, 0.25) is 10.0 Å². The van der Waals surface area contributed by atoms with Crippen molar-refractivity contribution in [2.24, 2.45) is 0 Å². The summed E-state index contributed by atoms with van der Waals surface area (Å²) < 4.78 is 5.54. The third kappa shape index (κ3) is 4.10. The van der Waals surface area contributed by atoms with Crippen LogP contribution in [0.5, 0.6) is 5.75 Å². The van der Waals surface area contributed by atoms with Crippen molar-refractivity contribution in [3.63, 3.8) is 0 Å². The van der Waals surface area contributed by atoms with E-state index in [0.29, 0.717) is 21.8 Å². The summed E-state index contributed by atoms with van der Waals surface area (Å²) in [7, 11) is 0. The predicted molar refractivity (Wildman–Crippen MR) is 91.4 cm³/mol. The third-order valence-electron chi connectivity index (χ3n) is 4.44. The number of amides is 1. The Hall–Kier alpha value is -1.01. The Labute approximate surface area is 146 Å². The van der Waals surface area contributed by atoms with E-state index in [1.54, 1.807) is 18.2 Å². The zero-order valence-electron chi connectivity index (χ0n) is 12.9. The average Bonchev–Trinajstić information content (AvgIpc) is 3.05. The van der Waals surface area contributed by atoms with Gasteiger partial charge < -0.3 is 15.0 Å². The smallest absolute Gasteiger partial charge is 0.260 e. The van der Waals surface area contributed by atoms with Crippen molar-refractivity contribution in [2.45, 2.75) is 12.5 Å². The minimum atomic E-state index is -0.0300. The molecule has 1 aromatic carbocycles. The van der Waals surface area contributed by atoms with Crippen LogP contribution < -0.4 is 10.1 Å². The van der Waals surface area contributed by atoms with Gasteiger partial charge in [-0.25, -0.2) is 0 Å². The lowest BCUT2D eigenvalue weighted by molar-refractivity contribution is -0.132. The molecule has 5 nitrogen and oxygen atoms in total. The monoisotopic (exact) mass is 357 g/mol. The molecule has 0 radical (unpaired) electrons. The van der Waals surface area contributed by atoms with Crippen molar-refractivity contribution in [2.75, 3.05) is 45.9 Å². The van der Waals surface area contributed by atoms with Gasteiger partial charge in [-0.1, -0.05) is 29.3 Å². The van der Waals surface area contributed by atoms with Crippen LogP contribution in [0.4, 0.5) is 0 Å². The number of piperazine rings is 1. The molecular formula is C16H21Cl2N3O2. The summed E-state index contributed by atoms with van der Waals surface area (Å²) in [5.41, 5.74) is 0. The van der Waals surface area contributed by atoms with E-state index in [2.05, 4.69) is 10.2 Å².